The summed E-state index contributed by atoms with van der Waals surface area (Å²) in [4.78, 5) is 8.74. The Morgan fingerprint density at radius 3 is 2.76 bits per heavy atom. The van der Waals surface area contributed by atoms with E-state index in [4.69, 9.17) is 21.7 Å². The molecule has 2 aromatic rings. The molecular formula is C18H20N4O2S. The Morgan fingerprint density at radius 2 is 1.96 bits per heavy atom. The summed E-state index contributed by atoms with van der Waals surface area (Å²) in [6, 6.07) is 10.0. The highest BCUT2D eigenvalue weighted by Gasteiger charge is 2.20. The third kappa shape index (κ3) is 3.83. The maximum atomic E-state index is 5.52. The highest BCUT2D eigenvalue weighted by molar-refractivity contribution is 7.80. The fraction of sp³-hybridized carbons (Fsp3) is 0.333. The van der Waals surface area contributed by atoms with Crippen molar-refractivity contribution in [3.8, 4) is 11.5 Å². The van der Waals surface area contributed by atoms with Crippen LogP contribution in [0.2, 0.25) is 0 Å². The van der Waals surface area contributed by atoms with E-state index < -0.39 is 0 Å². The molecule has 7 heteroatoms. The van der Waals surface area contributed by atoms with E-state index in [0.29, 0.717) is 6.79 Å². The van der Waals surface area contributed by atoms with E-state index in [1.807, 2.05) is 18.2 Å². The number of nitrogens with one attached hydrogen (secondary N) is 1. The van der Waals surface area contributed by atoms with Crippen molar-refractivity contribution in [3.63, 3.8) is 0 Å². The fourth-order valence-corrected chi connectivity index (χ4v) is 3.35. The van der Waals surface area contributed by atoms with Crippen molar-refractivity contribution >= 4 is 23.0 Å². The number of hydrogen-bond donors (Lipinski definition) is 1. The highest BCUT2D eigenvalue weighted by atomic mass is 32.1. The summed E-state index contributed by atoms with van der Waals surface area (Å²) < 4.78 is 10.8. The minimum atomic E-state index is 0.318. The van der Waals surface area contributed by atoms with Gasteiger partial charge >= 0.3 is 0 Å². The van der Waals surface area contributed by atoms with Gasteiger partial charge in [0, 0.05) is 38.9 Å². The predicted octanol–water partition coefficient (Wildman–Crippen LogP) is 2.32. The van der Waals surface area contributed by atoms with E-state index >= 15 is 0 Å². The number of ether oxygens (including phenoxy) is 2. The molecule has 0 atom stereocenters. The number of rotatable bonds is 3. The number of anilines is 1. The number of aromatic nitrogens is 1. The summed E-state index contributed by atoms with van der Waals surface area (Å²) in [6.45, 7) is 5.01. The molecule has 1 saturated heterocycles. The molecule has 2 aliphatic heterocycles. The van der Waals surface area contributed by atoms with Crippen molar-refractivity contribution in [2.75, 3.05) is 38.3 Å². The van der Waals surface area contributed by atoms with Crippen LogP contribution < -0.4 is 14.8 Å². The van der Waals surface area contributed by atoms with Gasteiger partial charge in [-0.05, 0) is 42.0 Å². The molecule has 0 radical (unpaired) electrons. The molecule has 0 spiro atoms. The number of hydrogen-bond acceptors (Lipinski definition) is 5. The summed E-state index contributed by atoms with van der Waals surface area (Å²) in [5.41, 5.74) is 2.17. The van der Waals surface area contributed by atoms with Crippen LogP contribution >= 0.6 is 12.2 Å². The quantitative estimate of drug-likeness (QED) is 0.847. The van der Waals surface area contributed by atoms with Crippen LogP contribution in [-0.2, 0) is 6.54 Å². The SMILES string of the molecule is S=C(Nc1cccnc1)N1CCN(Cc2ccc3c(c2)OCO3)CC1. The topological polar surface area (TPSA) is 49.9 Å². The van der Waals surface area contributed by atoms with Crippen LogP contribution in [0.3, 0.4) is 0 Å². The molecule has 4 rings (SSSR count). The van der Waals surface area contributed by atoms with Crippen molar-refractivity contribution < 1.29 is 9.47 Å². The summed E-state index contributed by atoms with van der Waals surface area (Å²) in [5, 5.41) is 4.01. The normalized spacial score (nSPS) is 16.7. The molecule has 0 unspecified atom stereocenters. The fourth-order valence-electron chi connectivity index (χ4n) is 3.05. The third-order valence-electron chi connectivity index (χ3n) is 4.42. The number of thiocarbonyl (C=S) groups is 1. The second-order valence-electron chi connectivity index (χ2n) is 6.12. The Hall–Kier alpha value is -2.38. The molecule has 1 fully saturated rings. The van der Waals surface area contributed by atoms with Gasteiger partial charge in [-0.1, -0.05) is 6.07 Å². The lowest BCUT2D eigenvalue weighted by Crippen LogP contribution is -2.49. The average molecular weight is 356 g/mol. The first-order valence-corrected chi connectivity index (χ1v) is 8.75. The van der Waals surface area contributed by atoms with Crippen molar-refractivity contribution in [2.24, 2.45) is 0 Å². The molecule has 1 aromatic heterocycles. The van der Waals surface area contributed by atoms with Gasteiger partial charge in [-0.2, -0.15) is 0 Å². The van der Waals surface area contributed by atoms with Crippen molar-refractivity contribution in [2.45, 2.75) is 6.54 Å². The number of fused-ring (bicyclic) bond motifs is 1. The molecule has 130 valence electrons. The van der Waals surface area contributed by atoms with Crippen molar-refractivity contribution in [1.29, 1.82) is 0 Å². The second kappa shape index (κ2) is 7.25. The Bertz CT molecular complexity index is 748. The van der Waals surface area contributed by atoms with Crippen LogP contribution in [0, 0.1) is 0 Å². The van der Waals surface area contributed by atoms with Crippen LogP contribution in [0.1, 0.15) is 5.56 Å². The Kier molecular flexibility index (Phi) is 4.67. The van der Waals surface area contributed by atoms with Crippen LogP contribution in [0.4, 0.5) is 5.69 Å². The Morgan fingerprint density at radius 1 is 1.12 bits per heavy atom. The van der Waals surface area contributed by atoms with E-state index in [1.165, 1.54) is 5.56 Å². The van der Waals surface area contributed by atoms with Gasteiger partial charge < -0.3 is 19.7 Å². The van der Waals surface area contributed by atoms with Gasteiger partial charge in [-0.25, -0.2) is 0 Å². The van der Waals surface area contributed by atoms with Gasteiger partial charge in [0.05, 0.1) is 11.9 Å². The number of benzene rings is 1. The van der Waals surface area contributed by atoms with Gasteiger partial charge in [0.15, 0.2) is 16.6 Å². The van der Waals surface area contributed by atoms with Crippen LogP contribution in [0.25, 0.3) is 0 Å². The van der Waals surface area contributed by atoms with E-state index in [1.54, 1.807) is 12.4 Å². The molecule has 0 aliphatic carbocycles. The smallest absolute Gasteiger partial charge is 0.231 e. The van der Waals surface area contributed by atoms with Gasteiger partial charge in [-0.3, -0.25) is 9.88 Å². The molecule has 1 N–H and O–H groups in total. The number of nitrogens with zero attached hydrogens (tertiary/aromatic N) is 3. The van der Waals surface area contributed by atoms with Crippen LogP contribution in [-0.4, -0.2) is 52.9 Å². The van der Waals surface area contributed by atoms with Gasteiger partial charge in [0.2, 0.25) is 6.79 Å². The molecule has 6 nitrogen and oxygen atoms in total. The minimum Gasteiger partial charge on any atom is -0.454 e. The van der Waals surface area contributed by atoms with E-state index in [-0.39, 0.29) is 0 Å². The second-order valence-corrected chi connectivity index (χ2v) is 6.51. The molecular weight excluding hydrogens is 336 g/mol. The number of piperazine rings is 1. The Balaban J connectivity index is 1.29. The average Bonchev–Trinajstić information content (AvgIpc) is 3.11. The standard InChI is InChI=1S/C18H20N4O2S/c25-18(20-15-2-1-5-19-11-15)22-8-6-21(7-9-22)12-14-3-4-16-17(10-14)24-13-23-16/h1-5,10-11H,6-9,12-13H2,(H,20,25). The third-order valence-corrected chi connectivity index (χ3v) is 4.78. The monoisotopic (exact) mass is 356 g/mol. The highest BCUT2D eigenvalue weighted by Crippen LogP contribution is 2.32. The van der Waals surface area contributed by atoms with Crippen molar-refractivity contribution in [1.82, 2.24) is 14.8 Å². The van der Waals surface area contributed by atoms with Crippen LogP contribution in [0.15, 0.2) is 42.7 Å². The van der Waals surface area contributed by atoms with Crippen molar-refractivity contribution in [3.05, 3.63) is 48.3 Å². The maximum absolute atomic E-state index is 5.52. The van der Waals surface area contributed by atoms with E-state index in [0.717, 1.165) is 55.0 Å². The minimum absolute atomic E-state index is 0.318. The maximum Gasteiger partial charge on any atom is 0.231 e. The molecule has 0 bridgehead atoms. The molecule has 25 heavy (non-hydrogen) atoms. The zero-order valence-corrected chi connectivity index (χ0v) is 14.7. The number of pyridine rings is 1. The lowest BCUT2D eigenvalue weighted by Gasteiger charge is -2.36. The molecule has 2 aliphatic rings. The molecule has 1 aromatic carbocycles. The summed E-state index contributed by atoms with van der Waals surface area (Å²) >= 11 is 5.52. The van der Waals surface area contributed by atoms with E-state index in [9.17, 15) is 0 Å². The largest absolute Gasteiger partial charge is 0.454 e. The first kappa shape index (κ1) is 16.1. The Labute approximate surface area is 152 Å². The summed E-state index contributed by atoms with van der Waals surface area (Å²) in [7, 11) is 0. The van der Waals surface area contributed by atoms with E-state index in [2.05, 4.69) is 32.2 Å². The molecule has 3 heterocycles. The molecule has 0 saturated carbocycles. The zero-order chi connectivity index (χ0) is 17.1. The van der Waals surface area contributed by atoms with Gasteiger partial charge in [0.25, 0.3) is 0 Å². The first-order valence-electron chi connectivity index (χ1n) is 8.35. The lowest BCUT2D eigenvalue weighted by molar-refractivity contribution is 0.173. The van der Waals surface area contributed by atoms with Gasteiger partial charge in [-0.15, -0.1) is 0 Å². The molecule has 0 amide bonds. The van der Waals surface area contributed by atoms with Gasteiger partial charge in [0.1, 0.15) is 0 Å². The van der Waals surface area contributed by atoms with Crippen LogP contribution in [0.5, 0.6) is 11.5 Å². The zero-order valence-electron chi connectivity index (χ0n) is 13.9. The summed E-state index contributed by atoms with van der Waals surface area (Å²) in [6.07, 6.45) is 3.53. The first-order chi connectivity index (χ1) is 12.3. The summed E-state index contributed by atoms with van der Waals surface area (Å²) in [5.74, 6) is 1.68. The lowest BCUT2D eigenvalue weighted by atomic mass is 10.1. The predicted molar refractivity (Wildman–Crippen MR) is 99.9 cm³/mol.